The van der Waals surface area contributed by atoms with Crippen molar-refractivity contribution >= 4 is 23.9 Å². The Kier molecular flexibility index (Phi) is 9.33. The molecule has 0 amide bonds. The van der Waals surface area contributed by atoms with Gasteiger partial charge in [0, 0.05) is 0 Å². The molecule has 0 radical (unpaired) electrons. The van der Waals surface area contributed by atoms with Gasteiger partial charge in [-0.15, -0.1) is 0 Å². The van der Waals surface area contributed by atoms with Gasteiger partial charge in [0.25, 0.3) is 0 Å². The van der Waals surface area contributed by atoms with Crippen LogP contribution in [0.2, 0.25) is 0 Å². The van der Waals surface area contributed by atoms with Gasteiger partial charge in [-0.3, -0.25) is 0 Å². The summed E-state index contributed by atoms with van der Waals surface area (Å²) in [6, 6.07) is 17.9. The molecule has 0 aromatic heterocycles. The monoisotopic (exact) mass is 490 g/mol. The molecule has 8 nitrogen and oxygen atoms in total. The Labute approximate surface area is 208 Å². The van der Waals surface area contributed by atoms with Gasteiger partial charge in [-0.05, 0) is 73.5 Å². The highest BCUT2D eigenvalue weighted by atomic mass is 16.5. The molecule has 0 fully saturated rings. The standard InChI is InChI=1S/C28H26O8/c1-3-17-33-25(29)19-9-13-21(14-10-19)35-27(31)23-7-5-6-8-24(23)28(32)36-22-15-11-20(12-16-22)26(30)34-18-4-2/h5-16H,3-4,17-18H2,1-2H3. The fourth-order valence-electron chi connectivity index (χ4n) is 3.04. The van der Waals surface area contributed by atoms with E-state index in [0.717, 1.165) is 0 Å². The van der Waals surface area contributed by atoms with Gasteiger partial charge in [0.1, 0.15) is 11.5 Å². The number of carbonyl (C=O) groups excluding carboxylic acids is 4. The van der Waals surface area contributed by atoms with Gasteiger partial charge in [0.05, 0.1) is 35.5 Å². The number of ether oxygens (including phenoxy) is 4. The van der Waals surface area contributed by atoms with E-state index in [1.54, 1.807) is 12.1 Å². The zero-order valence-corrected chi connectivity index (χ0v) is 20.0. The van der Waals surface area contributed by atoms with Gasteiger partial charge < -0.3 is 18.9 Å². The van der Waals surface area contributed by atoms with Gasteiger partial charge in [-0.25, -0.2) is 19.2 Å². The zero-order chi connectivity index (χ0) is 25.9. The number of hydrogen-bond acceptors (Lipinski definition) is 8. The molecule has 0 N–H and O–H groups in total. The summed E-state index contributed by atoms with van der Waals surface area (Å²) in [5, 5.41) is 0. The molecule has 186 valence electrons. The smallest absolute Gasteiger partial charge is 0.344 e. The van der Waals surface area contributed by atoms with E-state index in [1.165, 1.54) is 60.7 Å². The molecule has 3 aromatic carbocycles. The summed E-state index contributed by atoms with van der Waals surface area (Å²) in [4.78, 5) is 49.4. The lowest BCUT2D eigenvalue weighted by molar-refractivity contribution is 0.0496. The molecule has 0 aliphatic heterocycles. The Bertz CT molecular complexity index is 1120. The average molecular weight is 491 g/mol. The molecule has 0 aliphatic rings. The van der Waals surface area contributed by atoms with E-state index in [-0.39, 0.29) is 22.6 Å². The summed E-state index contributed by atoms with van der Waals surface area (Å²) in [7, 11) is 0. The summed E-state index contributed by atoms with van der Waals surface area (Å²) in [5.41, 5.74) is 0.677. The number of hydrogen-bond donors (Lipinski definition) is 0. The molecule has 0 spiro atoms. The van der Waals surface area contributed by atoms with Crippen molar-refractivity contribution < 1.29 is 38.1 Å². The van der Waals surface area contributed by atoms with Crippen molar-refractivity contribution in [2.24, 2.45) is 0 Å². The lowest BCUT2D eigenvalue weighted by Crippen LogP contribution is -2.17. The molecule has 36 heavy (non-hydrogen) atoms. The fraction of sp³-hybridized carbons (Fsp3) is 0.214. The minimum Gasteiger partial charge on any atom is -0.462 e. The van der Waals surface area contributed by atoms with E-state index in [2.05, 4.69) is 0 Å². The Morgan fingerprint density at radius 2 is 0.889 bits per heavy atom. The highest BCUT2D eigenvalue weighted by molar-refractivity contribution is 6.04. The third-order valence-electron chi connectivity index (χ3n) is 4.84. The highest BCUT2D eigenvalue weighted by Crippen LogP contribution is 2.20. The number of carbonyl (C=O) groups is 4. The van der Waals surface area contributed by atoms with Crippen molar-refractivity contribution in [3.05, 3.63) is 95.1 Å². The molecule has 0 saturated carbocycles. The Hall–Kier alpha value is -4.46. The van der Waals surface area contributed by atoms with Crippen LogP contribution >= 0.6 is 0 Å². The van der Waals surface area contributed by atoms with Crippen molar-refractivity contribution in [1.29, 1.82) is 0 Å². The fourth-order valence-corrected chi connectivity index (χ4v) is 3.04. The predicted octanol–water partition coefficient (Wildman–Crippen LogP) is 5.26. The largest absolute Gasteiger partial charge is 0.462 e. The molecule has 0 saturated heterocycles. The van der Waals surface area contributed by atoms with Crippen molar-refractivity contribution in [3.8, 4) is 11.5 Å². The Morgan fingerprint density at radius 3 is 1.22 bits per heavy atom. The first-order valence-corrected chi connectivity index (χ1v) is 11.5. The zero-order valence-electron chi connectivity index (χ0n) is 20.0. The van der Waals surface area contributed by atoms with E-state index in [9.17, 15) is 19.2 Å². The van der Waals surface area contributed by atoms with E-state index in [4.69, 9.17) is 18.9 Å². The van der Waals surface area contributed by atoms with Crippen molar-refractivity contribution in [2.45, 2.75) is 26.7 Å². The second kappa shape index (κ2) is 12.9. The minimum absolute atomic E-state index is 0.00805. The van der Waals surface area contributed by atoms with E-state index in [0.29, 0.717) is 37.2 Å². The van der Waals surface area contributed by atoms with Gasteiger partial charge in [0.2, 0.25) is 0 Å². The Balaban J connectivity index is 1.67. The molecular weight excluding hydrogens is 464 g/mol. The summed E-state index contributed by atoms with van der Waals surface area (Å²) in [5.74, 6) is -2.07. The third kappa shape index (κ3) is 7.02. The molecule has 0 bridgehead atoms. The van der Waals surface area contributed by atoms with Gasteiger partial charge in [0.15, 0.2) is 0 Å². The second-order valence-electron chi connectivity index (χ2n) is 7.65. The van der Waals surface area contributed by atoms with Crippen LogP contribution < -0.4 is 9.47 Å². The van der Waals surface area contributed by atoms with E-state index >= 15 is 0 Å². The number of esters is 4. The quantitative estimate of drug-likeness (QED) is 0.280. The summed E-state index contributed by atoms with van der Waals surface area (Å²) < 4.78 is 20.9. The molecule has 3 aromatic rings. The normalized spacial score (nSPS) is 10.3. The predicted molar refractivity (Wildman–Crippen MR) is 130 cm³/mol. The minimum atomic E-state index is -0.766. The third-order valence-corrected chi connectivity index (χ3v) is 4.84. The van der Waals surface area contributed by atoms with Crippen LogP contribution in [0.4, 0.5) is 0 Å². The topological polar surface area (TPSA) is 105 Å². The van der Waals surface area contributed by atoms with E-state index in [1.807, 2.05) is 13.8 Å². The first kappa shape index (κ1) is 26.2. The lowest BCUT2D eigenvalue weighted by atomic mass is 10.1. The van der Waals surface area contributed by atoms with Crippen molar-refractivity contribution in [3.63, 3.8) is 0 Å². The average Bonchev–Trinajstić information content (AvgIpc) is 2.91. The first-order chi connectivity index (χ1) is 17.4. The SMILES string of the molecule is CCCOC(=O)c1ccc(OC(=O)c2ccccc2C(=O)Oc2ccc(C(=O)OCCC)cc2)cc1. The van der Waals surface area contributed by atoms with Crippen molar-refractivity contribution in [2.75, 3.05) is 13.2 Å². The van der Waals surface area contributed by atoms with Crippen LogP contribution in [-0.4, -0.2) is 37.1 Å². The number of benzene rings is 3. The van der Waals surface area contributed by atoms with Gasteiger partial charge in [-0.1, -0.05) is 26.0 Å². The molecule has 0 unspecified atom stereocenters. The van der Waals surface area contributed by atoms with Crippen LogP contribution in [0, 0.1) is 0 Å². The Morgan fingerprint density at radius 1 is 0.528 bits per heavy atom. The van der Waals surface area contributed by atoms with Crippen LogP contribution in [0.3, 0.4) is 0 Å². The molecular formula is C28H26O8. The summed E-state index contributed by atoms with van der Waals surface area (Å²) >= 11 is 0. The van der Waals surface area contributed by atoms with E-state index < -0.39 is 23.9 Å². The van der Waals surface area contributed by atoms with Crippen molar-refractivity contribution in [1.82, 2.24) is 0 Å². The maximum Gasteiger partial charge on any atom is 0.344 e. The second-order valence-corrected chi connectivity index (χ2v) is 7.65. The molecule has 0 atom stereocenters. The lowest BCUT2D eigenvalue weighted by Gasteiger charge is -2.10. The maximum absolute atomic E-state index is 12.8. The first-order valence-electron chi connectivity index (χ1n) is 11.5. The van der Waals surface area contributed by atoms with Crippen LogP contribution in [0.1, 0.15) is 68.1 Å². The van der Waals surface area contributed by atoms with Gasteiger partial charge >= 0.3 is 23.9 Å². The van der Waals surface area contributed by atoms with Crippen LogP contribution in [0.25, 0.3) is 0 Å². The summed E-state index contributed by atoms with van der Waals surface area (Å²) in [6.45, 7) is 4.43. The molecule has 0 aliphatic carbocycles. The van der Waals surface area contributed by atoms with Crippen LogP contribution in [0.15, 0.2) is 72.8 Å². The highest BCUT2D eigenvalue weighted by Gasteiger charge is 2.20. The maximum atomic E-state index is 12.8. The van der Waals surface area contributed by atoms with Crippen LogP contribution in [-0.2, 0) is 9.47 Å². The van der Waals surface area contributed by atoms with Crippen LogP contribution in [0.5, 0.6) is 11.5 Å². The molecule has 3 rings (SSSR count). The van der Waals surface area contributed by atoms with Gasteiger partial charge in [-0.2, -0.15) is 0 Å². The number of rotatable bonds is 10. The molecule has 8 heteroatoms. The summed E-state index contributed by atoms with van der Waals surface area (Å²) in [6.07, 6.45) is 1.42. The molecule has 0 heterocycles.